The normalized spacial score (nSPS) is 10.5. The Morgan fingerprint density at radius 3 is 2.46 bits per heavy atom. The van der Waals surface area contributed by atoms with Crippen LogP contribution in [0.1, 0.15) is 36.5 Å². The van der Waals surface area contributed by atoms with Crippen LogP contribution in [0.5, 0.6) is 5.75 Å². The molecule has 0 saturated carbocycles. The van der Waals surface area contributed by atoms with Crippen molar-refractivity contribution >= 4 is 11.9 Å². The summed E-state index contributed by atoms with van der Waals surface area (Å²) < 4.78 is 10.6. The van der Waals surface area contributed by atoms with Gasteiger partial charge in [-0.25, -0.2) is 0 Å². The van der Waals surface area contributed by atoms with Gasteiger partial charge in [0.15, 0.2) is 6.61 Å². The lowest BCUT2D eigenvalue weighted by Gasteiger charge is -2.12. The molecule has 0 atom stereocenters. The number of hydrogen-bond acceptors (Lipinski definition) is 4. The van der Waals surface area contributed by atoms with Crippen LogP contribution in [-0.2, 0) is 20.9 Å². The number of benzene rings is 2. The average Bonchev–Trinajstić information content (AvgIpc) is 2.63. The van der Waals surface area contributed by atoms with Crippen LogP contribution in [0.15, 0.2) is 48.5 Å². The Balaban J connectivity index is 1.70. The molecule has 138 valence electrons. The Hall–Kier alpha value is -2.82. The van der Waals surface area contributed by atoms with Crippen LogP contribution in [-0.4, -0.2) is 25.0 Å². The number of carbonyl (C=O) groups excluding carboxylic acids is 2. The smallest absolute Gasteiger partial charge is 0.325 e. The zero-order chi connectivity index (χ0) is 18.9. The lowest BCUT2D eigenvalue weighted by Crippen LogP contribution is -2.34. The molecule has 0 saturated heterocycles. The summed E-state index contributed by atoms with van der Waals surface area (Å²) in [6.45, 7) is 6.14. The molecule has 0 aliphatic rings. The lowest BCUT2D eigenvalue weighted by molar-refractivity contribution is -0.145. The molecule has 0 unspecified atom stereocenters. The third kappa shape index (κ3) is 6.24. The summed E-state index contributed by atoms with van der Waals surface area (Å²) in [5.41, 5.74) is 3.28. The average molecular weight is 355 g/mol. The molecular formula is C21H25NO4. The number of esters is 1. The molecule has 0 aromatic heterocycles. The van der Waals surface area contributed by atoms with E-state index in [0.717, 1.165) is 11.1 Å². The molecule has 2 aromatic rings. The summed E-state index contributed by atoms with van der Waals surface area (Å²) in [5, 5.41) is 2.49. The van der Waals surface area contributed by atoms with Crippen LogP contribution < -0.4 is 10.1 Å². The van der Waals surface area contributed by atoms with E-state index in [4.69, 9.17) is 9.47 Å². The molecule has 0 aliphatic heterocycles. The third-order valence-electron chi connectivity index (χ3n) is 3.91. The maximum absolute atomic E-state index is 11.8. The summed E-state index contributed by atoms with van der Waals surface area (Å²) >= 11 is 0. The van der Waals surface area contributed by atoms with Gasteiger partial charge >= 0.3 is 5.97 Å². The minimum absolute atomic E-state index is 0.146. The van der Waals surface area contributed by atoms with Gasteiger partial charge in [-0.3, -0.25) is 9.59 Å². The highest BCUT2D eigenvalue weighted by molar-refractivity contribution is 5.82. The Labute approximate surface area is 154 Å². The fraction of sp³-hybridized carbons (Fsp3) is 0.333. The predicted molar refractivity (Wildman–Crippen MR) is 100 cm³/mol. The minimum atomic E-state index is -0.487. The number of amides is 1. The molecule has 0 aliphatic carbocycles. The van der Waals surface area contributed by atoms with E-state index in [1.54, 1.807) is 0 Å². The molecular weight excluding hydrogens is 330 g/mol. The van der Waals surface area contributed by atoms with E-state index in [2.05, 4.69) is 19.2 Å². The highest BCUT2D eigenvalue weighted by Crippen LogP contribution is 2.23. The van der Waals surface area contributed by atoms with E-state index >= 15 is 0 Å². The van der Waals surface area contributed by atoms with Gasteiger partial charge in [0.2, 0.25) is 0 Å². The van der Waals surface area contributed by atoms with Gasteiger partial charge in [-0.05, 0) is 41.7 Å². The van der Waals surface area contributed by atoms with Gasteiger partial charge in [-0.2, -0.15) is 0 Å². The molecule has 5 heteroatoms. The monoisotopic (exact) mass is 355 g/mol. The summed E-state index contributed by atoms with van der Waals surface area (Å²) in [6, 6.07) is 15.1. The van der Waals surface area contributed by atoms with Crippen molar-refractivity contribution in [2.24, 2.45) is 0 Å². The zero-order valence-electron chi connectivity index (χ0n) is 15.5. The van der Waals surface area contributed by atoms with Gasteiger partial charge in [-0.15, -0.1) is 0 Å². The number of ether oxygens (including phenoxy) is 2. The first-order valence-electron chi connectivity index (χ1n) is 8.65. The predicted octanol–water partition coefficient (Wildman–Crippen LogP) is 3.36. The van der Waals surface area contributed by atoms with Crippen molar-refractivity contribution in [1.29, 1.82) is 0 Å². The molecule has 26 heavy (non-hydrogen) atoms. The molecule has 2 aromatic carbocycles. The van der Waals surface area contributed by atoms with Gasteiger partial charge < -0.3 is 14.8 Å². The van der Waals surface area contributed by atoms with Gasteiger partial charge in [0.1, 0.15) is 18.9 Å². The van der Waals surface area contributed by atoms with Gasteiger partial charge in [-0.1, -0.05) is 50.2 Å². The third-order valence-corrected chi connectivity index (χ3v) is 3.91. The maximum atomic E-state index is 11.8. The summed E-state index contributed by atoms with van der Waals surface area (Å²) in [4.78, 5) is 23.5. The van der Waals surface area contributed by atoms with Crippen LogP contribution in [0.3, 0.4) is 0 Å². The van der Waals surface area contributed by atoms with Crippen molar-refractivity contribution in [1.82, 2.24) is 5.32 Å². The first-order chi connectivity index (χ1) is 12.5. The lowest BCUT2D eigenvalue weighted by atomic mass is 9.98. The van der Waals surface area contributed by atoms with Crippen LogP contribution >= 0.6 is 0 Å². The Kier molecular flexibility index (Phi) is 7.21. The topological polar surface area (TPSA) is 64.6 Å². The fourth-order valence-electron chi connectivity index (χ4n) is 2.55. The molecule has 5 nitrogen and oxygen atoms in total. The zero-order valence-corrected chi connectivity index (χ0v) is 15.5. The minimum Gasteiger partial charge on any atom is -0.484 e. The maximum Gasteiger partial charge on any atom is 0.325 e. The fourth-order valence-corrected chi connectivity index (χ4v) is 2.55. The van der Waals surface area contributed by atoms with E-state index in [0.29, 0.717) is 11.7 Å². The van der Waals surface area contributed by atoms with E-state index in [1.165, 1.54) is 5.56 Å². The highest BCUT2D eigenvalue weighted by atomic mass is 16.5. The molecule has 1 N–H and O–H groups in total. The number of carbonyl (C=O) groups is 2. The second-order valence-corrected chi connectivity index (χ2v) is 6.38. The van der Waals surface area contributed by atoms with Crippen molar-refractivity contribution in [2.75, 3.05) is 13.2 Å². The number of nitrogens with one attached hydrogen (secondary N) is 1. The Bertz CT molecular complexity index is 741. The summed E-state index contributed by atoms with van der Waals surface area (Å²) in [5.74, 6) is 0.217. The largest absolute Gasteiger partial charge is 0.484 e. The molecule has 0 radical (unpaired) electrons. The Morgan fingerprint density at radius 1 is 1.08 bits per heavy atom. The molecule has 0 fully saturated rings. The van der Waals surface area contributed by atoms with Crippen LogP contribution in [0.25, 0.3) is 0 Å². The molecule has 0 spiro atoms. The summed E-state index contributed by atoms with van der Waals surface area (Å²) in [6.07, 6.45) is 0. The molecule has 0 heterocycles. The SMILES string of the molecule is Cc1cc(OCC(=O)NCC(=O)OCc2ccccc2)ccc1C(C)C. The van der Waals surface area contributed by atoms with Crippen LogP contribution in [0.2, 0.25) is 0 Å². The number of aryl methyl sites for hydroxylation is 1. The molecule has 1 amide bonds. The van der Waals surface area contributed by atoms with Gasteiger partial charge in [0.25, 0.3) is 5.91 Å². The standard InChI is InChI=1S/C21H25NO4/c1-15(2)19-10-9-18(11-16(19)3)25-14-20(23)22-12-21(24)26-13-17-7-5-4-6-8-17/h4-11,15H,12-14H2,1-3H3,(H,22,23). The van der Waals surface area contributed by atoms with Crippen molar-refractivity contribution in [3.05, 3.63) is 65.2 Å². The number of hydrogen-bond donors (Lipinski definition) is 1. The second-order valence-electron chi connectivity index (χ2n) is 6.38. The summed E-state index contributed by atoms with van der Waals surface area (Å²) in [7, 11) is 0. The van der Waals surface area contributed by atoms with Crippen molar-refractivity contribution in [3.63, 3.8) is 0 Å². The van der Waals surface area contributed by atoms with Crippen LogP contribution in [0.4, 0.5) is 0 Å². The van der Waals surface area contributed by atoms with Crippen molar-refractivity contribution in [3.8, 4) is 5.75 Å². The van der Waals surface area contributed by atoms with Crippen LogP contribution in [0, 0.1) is 6.92 Å². The Morgan fingerprint density at radius 2 is 1.81 bits per heavy atom. The van der Waals surface area contributed by atoms with Gasteiger partial charge in [0, 0.05) is 0 Å². The van der Waals surface area contributed by atoms with E-state index in [9.17, 15) is 9.59 Å². The molecule has 0 bridgehead atoms. The van der Waals surface area contributed by atoms with E-state index < -0.39 is 5.97 Å². The second kappa shape index (κ2) is 9.61. The highest BCUT2D eigenvalue weighted by Gasteiger charge is 2.09. The van der Waals surface area contributed by atoms with Crippen molar-refractivity contribution in [2.45, 2.75) is 33.3 Å². The number of rotatable bonds is 8. The van der Waals surface area contributed by atoms with E-state index in [-0.39, 0.29) is 25.7 Å². The molecule has 2 rings (SSSR count). The van der Waals surface area contributed by atoms with Gasteiger partial charge in [0.05, 0.1) is 0 Å². The van der Waals surface area contributed by atoms with E-state index in [1.807, 2.05) is 55.5 Å². The first kappa shape index (κ1) is 19.5. The first-order valence-corrected chi connectivity index (χ1v) is 8.65. The quantitative estimate of drug-likeness (QED) is 0.738. The van der Waals surface area contributed by atoms with Crippen molar-refractivity contribution < 1.29 is 19.1 Å².